The molecule has 0 aliphatic carbocycles. The lowest BCUT2D eigenvalue weighted by atomic mass is 10.0. The standard InChI is InChI=1S/C17H22N4O2/c1-3-6-13-9-16(20(2)19-13)18-17(23)21-10-12(11-22)14-7-4-5-8-15(14)21/h4-5,7-9,12,22H,3,6,10-11H2,1-2H3,(H,18,23). The molecule has 1 atom stereocenters. The van der Waals surface area contributed by atoms with Crippen LogP contribution >= 0.6 is 0 Å². The average molecular weight is 314 g/mol. The number of anilines is 2. The van der Waals surface area contributed by atoms with Gasteiger partial charge in [0.15, 0.2) is 0 Å². The molecule has 1 unspecified atom stereocenters. The van der Waals surface area contributed by atoms with E-state index in [0.29, 0.717) is 12.4 Å². The van der Waals surface area contributed by atoms with Crippen molar-refractivity contribution >= 4 is 17.5 Å². The first-order valence-corrected chi connectivity index (χ1v) is 7.95. The molecule has 2 amide bonds. The smallest absolute Gasteiger partial charge is 0.327 e. The van der Waals surface area contributed by atoms with Crippen molar-refractivity contribution < 1.29 is 9.90 Å². The van der Waals surface area contributed by atoms with Crippen LogP contribution in [0.25, 0.3) is 0 Å². The Morgan fingerprint density at radius 3 is 2.96 bits per heavy atom. The van der Waals surface area contributed by atoms with E-state index in [1.807, 2.05) is 37.4 Å². The van der Waals surface area contributed by atoms with Gasteiger partial charge in [-0.1, -0.05) is 31.5 Å². The first-order valence-electron chi connectivity index (χ1n) is 7.95. The maximum absolute atomic E-state index is 12.7. The summed E-state index contributed by atoms with van der Waals surface area (Å²) >= 11 is 0. The Labute approximate surface area is 135 Å². The third-order valence-electron chi connectivity index (χ3n) is 4.21. The molecular formula is C17H22N4O2. The fourth-order valence-corrected chi connectivity index (χ4v) is 3.04. The zero-order valence-corrected chi connectivity index (χ0v) is 13.5. The van der Waals surface area contributed by atoms with Crippen molar-refractivity contribution in [2.75, 3.05) is 23.4 Å². The summed E-state index contributed by atoms with van der Waals surface area (Å²) in [7, 11) is 1.82. The highest BCUT2D eigenvalue weighted by molar-refractivity contribution is 6.03. The lowest BCUT2D eigenvalue weighted by Gasteiger charge is -2.18. The van der Waals surface area contributed by atoms with Crippen LogP contribution in [0.1, 0.15) is 30.5 Å². The van der Waals surface area contributed by atoms with Gasteiger partial charge in [-0.2, -0.15) is 5.10 Å². The lowest BCUT2D eigenvalue weighted by Crippen LogP contribution is -2.35. The fourth-order valence-electron chi connectivity index (χ4n) is 3.04. The number of aromatic nitrogens is 2. The van der Waals surface area contributed by atoms with Crippen LogP contribution in [-0.4, -0.2) is 34.1 Å². The number of nitrogens with one attached hydrogen (secondary N) is 1. The summed E-state index contributed by atoms with van der Waals surface area (Å²) in [6.45, 7) is 2.62. The van der Waals surface area contributed by atoms with E-state index >= 15 is 0 Å². The number of fused-ring (bicyclic) bond motifs is 1. The van der Waals surface area contributed by atoms with E-state index in [1.54, 1.807) is 9.58 Å². The second-order valence-electron chi connectivity index (χ2n) is 5.87. The minimum absolute atomic E-state index is 0.0286. The van der Waals surface area contributed by atoms with E-state index in [2.05, 4.69) is 17.3 Å². The number of rotatable bonds is 4. The summed E-state index contributed by atoms with van der Waals surface area (Å²) in [6.07, 6.45) is 1.91. The largest absolute Gasteiger partial charge is 0.396 e. The number of para-hydroxylation sites is 1. The molecule has 0 saturated carbocycles. The van der Waals surface area contributed by atoms with Gasteiger partial charge >= 0.3 is 6.03 Å². The Balaban J connectivity index is 1.79. The number of aliphatic hydroxyl groups excluding tert-OH is 1. The molecule has 0 radical (unpaired) electrons. The molecular weight excluding hydrogens is 292 g/mol. The van der Waals surface area contributed by atoms with Crippen LogP contribution < -0.4 is 10.2 Å². The molecule has 2 heterocycles. The van der Waals surface area contributed by atoms with Gasteiger partial charge in [0, 0.05) is 31.3 Å². The zero-order chi connectivity index (χ0) is 16.4. The first-order chi connectivity index (χ1) is 11.1. The molecule has 2 N–H and O–H groups in total. The molecule has 0 bridgehead atoms. The predicted octanol–water partition coefficient (Wildman–Crippen LogP) is 2.50. The van der Waals surface area contributed by atoms with Crippen molar-refractivity contribution in [3.8, 4) is 0 Å². The van der Waals surface area contributed by atoms with Crippen LogP contribution in [0.4, 0.5) is 16.3 Å². The Bertz CT molecular complexity index is 710. The van der Waals surface area contributed by atoms with E-state index in [1.165, 1.54) is 0 Å². The van der Waals surface area contributed by atoms with E-state index in [-0.39, 0.29) is 18.6 Å². The van der Waals surface area contributed by atoms with Crippen molar-refractivity contribution in [2.24, 2.45) is 7.05 Å². The van der Waals surface area contributed by atoms with Crippen LogP contribution in [0.5, 0.6) is 0 Å². The van der Waals surface area contributed by atoms with Crippen molar-refractivity contribution in [3.05, 3.63) is 41.6 Å². The number of nitrogens with zero attached hydrogens (tertiary/aromatic N) is 3. The van der Waals surface area contributed by atoms with Crippen LogP contribution in [0.3, 0.4) is 0 Å². The van der Waals surface area contributed by atoms with Gasteiger partial charge in [0.05, 0.1) is 12.3 Å². The zero-order valence-electron chi connectivity index (χ0n) is 13.5. The monoisotopic (exact) mass is 314 g/mol. The van der Waals surface area contributed by atoms with Gasteiger partial charge in [-0.05, 0) is 18.1 Å². The molecule has 1 aromatic carbocycles. The normalized spacial score (nSPS) is 16.5. The highest BCUT2D eigenvalue weighted by Crippen LogP contribution is 2.36. The molecule has 23 heavy (non-hydrogen) atoms. The molecule has 6 heteroatoms. The summed E-state index contributed by atoms with van der Waals surface area (Å²) in [4.78, 5) is 14.3. The van der Waals surface area contributed by atoms with E-state index in [0.717, 1.165) is 29.8 Å². The Morgan fingerprint density at radius 1 is 1.43 bits per heavy atom. The van der Waals surface area contributed by atoms with Crippen LogP contribution in [0.15, 0.2) is 30.3 Å². The van der Waals surface area contributed by atoms with E-state index in [4.69, 9.17) is 0 Å². The van der Waals surface area contributed by atoms with Crippen molar-refractivity contribution in [3.63, 3.8) is 0 Å². The summed E-state index contributed by atoms with van der Waals surface area (Å²) in [5, 5.41) is 16.9. The Morgan fingerprint density at radius 2 is 2.22 bits per heavy atom. The summed E-state index contributed by atoms with van der Waals surface area (Å²) in [5.41, 5.74) is 2.85. The Hall–Kier alpha value is -2.34. The molecule has 0 spiro atoms. The van der Waals surface area contributed by atoms with Crippen molar-refractivity contribution in [2.45, 2.75) is 25.7 Å². The number of hydrogen-bond acceptors (Lipinski definition) is 3. The maximum atomic E-state index is 12.7. The first kappa shape index (κ1) is 15.6. The number of amides is 2. The number of aliphatic hydroxyl groups is 1. The predicted molar refractivity (Wildman–Crippen MR) is 89.8 cm³/mol. The number of aryl methyl sites for hydroxylation is 2. The third-order valence-corrected chi connectivity index (χ3v) is 4.21. The number of carbonyl (C=O) groups excluding carboxylic acids is 1. The third kappa shape index (κ3) is 2.94. The van der Waals surface area contributed by atoms with Crippen molar-refractivity contribution in [1.82, 2.24) is 9.78 Å². The van der Waals surface area contributed by atoms with Gasteiger partial charge in [-0.3, -0.25) is 14.9 Å². The van der Waals surface area contributed by atoms with Crippen molar-refractivity contribution in [1.29, 1.82) is 0 Å². The lowest BCUT2D eigenvalue weighted by molar-refractivity contribution is 0.253. The van der Waals surface area contributed by atoms with Gasteiger partial charge in [-0.15, -0.1) is 0 Å². The molecule has 0 saturated heterocycles. The van der Waals surface area contributed by atoms with Gasteiger partial charge in [0.1, 0.15) is 5.82 Å². The molecule has 1 aromatic heterocycles. The van der Waals surface area contributed by atoms with Crippen LogP contribution in [0, 0.1) is 0 Å². The molecule has 122 valence electrons. The highest BCUT2D eigenvalue weighted by Gasteiger charge is 2.31. The minimum Gasteiger partial charge on any atom is -0.396 e. The van der Waals surface area contributed by atoms with Crippen LogP contribution in [-0.2, 0) is 13.5 Å². The van der Waals surface area contributed by atoms with Crippen LogP contribution in [0.2, 0.25) is 0 Å². The quantitative estimate of drug-likeness (QED) is 0.911. The summed E-state index contributed by atoms with van der Waals surface area (Å²) < 4.78 is 1.69. The average Bonchev–Trinajstić information content (AvgIpc) is 3.08. The maximum Gasteiger partial charge on any atom is 0.327 e. The topological polar surface area (TPSA) is 70.4 Å². The number of hydrogen-bond donors (Lipinski definition) is 2. The minimum atomic E-state index is -0.195. The van der Waals surface area contributed by atoms with E-state index < -0.39 is 0 Å². The van der Waals surface area contributed by atoms with Gasteiger partial charge in [0.2, 0.25) is 0 Å². The number of carbonyl (C=O) groups is 1. The second kappa shape index (κ2) is 6.42. The molecule has 2 aromatic rings. The second-order valence-corrected chi connectivity index (χ2v) is 5.87. The number of benzene rings is 1. The van der Waals surface area contributed by atoms with Gasteiger partial charge in [-0.25, -0.2) is 4.79 Å². The van der Waals surface area contributed by atoms with E-state index in [9.17, 15) is 9.90 Å². The fraction of sp³-hybridized carbons (Fsp3) is 0.412. The summed E-state index contributed by atoms with van der Waals surface area (Å²) in [5.74, 6) is 0.655. The van der Waals surface area contributed by atoms with Gasteiger partial charge < -0.3 is 5.11 Å². The molecule has 1 aliphatic rings. The SMILES string of the molecule is CCCc1cc(NC(=O)N2CC(CO)c3ccccc32)n(C)n1. The molecule has 6 nitrogen and oxygen atoms in total. The number of urea groups is 1. The highest BCUT2D eigenvalue weighted by atomic mass is 16.3. The van der Waals surface area contributed by atoms with Gasteiger partial charge in [0.25, 0.3) is 0 Å². The molecule has 0 fully saturated rings. The molecule has 3 rings (SSSR count). The Kier molecular flexibility index (Phi) is 4.34. The summed E-state index contributed by atoms with van der Waals surface area (Å²) in [6, 6.07) is 9.43. The molecule has 1 aliphatic heterocycles.